The summed E-state index contributed by atoms with van der Waals surface area (Å²) in [6.07, 6.45) is 0. The van der Waals surface area contributed by atoms with Crippen molar-refractivity contribution in [3.05, 3.63) is 46.5 Å². The van der Waals surface area contributed by atoms with Gasteiger partial charge in [0.15, 0.2) is 0 Å². The maximum atomic E-state index is 12.3. The van der Waals surface area contributed by atoms with Gasteiger partial charge in [0.2, 0.25) is 0 Å². The molecule has 0 atom stereocenters. The Morgan fingerprint density at radius 2 is 1.10 bits per heavy atom. The number of imide groups is 1. The fourth-order valence-corrected chi connectivity index (χ4v) is 4.00. The van der Waals surface area contributed by atoms with Crippen LogP contribution in [0.25, 0.3) is 19.7 Å². The van der Waals surface area contributed by atoms with Gasteiger partial charge in [-0.25, -0.2) is 0 Å². The van der Waals surface area contributed by atoms with E-state index >= 15 is 0 Å². The smallest absolute Gasteiger partial charge is 0.261 e. The highest BCUT2D eigenvalue weighted by Crippen LogP contribution is 2.49. The molecule has 1 aliphatic heterocycles. The highest BCUT2D eigenvalue weighted by molar-refractivity contribution is 9.18. The first-order valence-corrected chi connectivity index (χ1v) is 7.59. The van der Waals surface area contributed by atoms with Crippen molar-refractivity contribution in [1.82, 2.24) is 4.90 Å². The summed E-state index contributed by atoms with van der Waals surface area (Å²) in [6, 6.07) is 7.43. The van der Waals surface area contributed by atoms with E-state index in [0.29, 0.717) is 11.1 Å². The van der Waals surface area contributed by atoms with E-state index in [1.165, 1.54) is 11.9 Å². The first-order chi connectivity index (χ1) is 9.52. The second kappa shape index (κ2) is 3.80. The van der Waals surface area contributed by atoms with Gasteiger partial charge in [-0.1, -0.05) is 12.1 Å². The number of hydrogen-bond donors (Lipinski definition) is 0. The second-order valence-electron chi connectivity index (χ2n) is 4.87. The quantitative estimate of drug-likeness (QED) is 0.635. The van der Waals surface area contributed by atoms with Crippen molar-refractivity contribution in [2.45, 2.75) is 0 Å². The van der Waals surface area contributed by atoms with Gasteiger partial charge in [0.05, 0.1) is 0 Å². The van der Waals surface area contributed by atoms with Crippen molar-refractivity contribution >= 4 is 63.4 Å². The average Bonchev–Trinajstić information content (AvgIpc) is 2.71. The van der Waals surface area contributed by atoms with Crippen LogP contribution in [0.3, 0.4) is 0 Å². The molecular weight excluding hydrogens is 386 g/mol. The fourth-order valence-electron chi connectivity index (χ4n) is 2.91. The number of halogens is 2. The Bertz CT molecular complexity index is 816. The first kappa shape index (κ1) is 12.3. The molecule has 0 radical (unpaired) electrons. The van der Waals surface area contributed by atoms with Gasteiger partial charge in [0, 0.05) is 37.9 Å². The highest BCUT2D eigenvalue weighted by atomic mass is 79.9. The van der Waals surface area contributed by atoms with E-state index in [9.17, 15) is 9.59 Å². The van der Waals surface area contributed by atoms with Crippen LogP contribution >= 0.6 is 31.9 Å². The summed E-state index contributed by atoms with van der Waals surface area (Å²) in [7, 11) is 1.52. The van der Waals surface area contributed by atoms with Gasteiger partial charge in [-0.15, -0.1) is 0 Å². The van der Waals surface area contributed by atoms with E-state index in [1.54, 1.807) is 12.1 Å². The third-order valence-electron chi connectivity index (χ3n) is 3.90. The Balaban J connectivity index is 2.25. The number of benzene rings is 2. The zero-order chi connectivity index (χ0) is 14.2. The van der Waals surface area contributed by atoms with Crippen LogP contribution in [0.1, 0.15) is 31.8 Å². The minimum absolute atomic E-state index is 0.245. The molecule has 4 rings (SSSR count). The third kappa shape index (κ3) is 1.25. The van der Waals surface area contributed by atoms with Gasteiger partial charge in [-0.3, -0.25) is 14.5 Å². The van der Waals surface area contributed by atoms with Crippen LogP contribution < -0.4 is 0 Å². The van der Waals surface area contributed by atoms with Crippen molar-refractivity contribution in [3.8, 4) is 0 Å². The van der Waals surface area contributed by atoms with Crippen LogP contribution in [0.2, 0.25) is 0 Å². The number of rotatable bonds is 0. The number of amides is 2. The molecule has 1 aliphatic carbocycles. The molecule has 2 aliphatic rings. The molecule has 5 heteroatoms. The van der Waals surface area contributed by atoms with Gasteiger partial charge in [-0.05, 0) is 55.1 Å². The Morgan fingerprint density at radius 1 is 0.750 bits per heavy atom. The van der Waals surface area contributed by atoms with Crippen LogP contribution in [-0.2, 0) is 0 Å². The van der Waals surface area contributed by atoms with E-state index in [4.69, 9.17) is 0 Å². The van der Waals surface area contributed by atoms with Crippen LogP contribution in [-0.4, -0.2) is 23.8 Å². The lowest BCUT2D eigenvalue weighted by Crippen LogP contribution is -2.36. The summed E-state index contributed by atoms with van der Waals surface area (Å²) >= 11 is 7.12. The highest BCUT2D eigenvalue weighted by Gasteiger charge is 2.34. The summed E-state index contributed by atoms with van der Waals surface area (Å²) in [5.74, 6) is -0.490. The van der Waals surface area contributed by atoms with E-state index < -0.39 is 0 Å². The average molecular weight is 393 g/mol. The molecule has 0 fully saturated rings. The third-order valence-corrected chi connectivity index (χ3v) is 6.08. The lowest BCUT2D eigenvalue weighted by molar-refractivity contribution is 0.0651. The minimum atomic E-state index is -0.245. The lowest BCUT2D eigenvalue weighted by Gasteiger charge is -2.24. The monoisotopic (exact) mass is 391 g/mol. The van der Waals surface area contributed by atoms with Gasteiger partial charge in [-0.2, -0.15) is 0 Å². The topological polar surface area (TPSA) is 37.4 Å². The molecule has 2 amide bonds. The Labute approximate surface area is 131 Å². The SMILES string of the molecule is CN1C(=O)c2ccc3c4c(ccc(c24)C1=O)C(Br)=C3Br. The predicted octanol–water partition coefficient (Wildman–Crippen LogP) is 3.99. The van der Waals surface area contributed by atoms with Gasteiger partial charge in [0.1, 0.15) is 0 Å². The molecule has 2 aromatic carbocycles. The molecule has 1 heterocycles. The largest absolute Gasteiger partial charge is 0.277 e. The number of nitrogens with zero attached hydrogens (tertiary/aromatic N) is 1. The van der Waals surface area contributed by atoms with Crippen molar-refractivity contribution in [1.29, 1.82) is 0 Å². The maximum absolute atomic E-state index is 12.3. The molecule has 2 aromatic rings. The van der Waals surface area contributed by atoms with Crippen LogP contribution in [0.15, 0.2) is 24.3 Å². The standard InChI is InChI=1S/C15H7Br2NO2/c1-18-14(19)8-4-2-6-10-7(13(17)12(6)16)3-5-9(11(8)10)15(18)20/h2-5H,1H3. The number of hydrogen-bond acceptors (Lipinski definition) is 2. The van der Waals surface area contributed by atoms with Gasteiger partial charge < -0.3 is 0 Å². The van der Waals surface area contributed by atoms with Crippen LogP contribution in [0.5, 0.6) is 0 Å². The Kier molecular flexibility index (Phi) is 2.34. The maximum Gasteiger partial charge on any atom is 0.261 e. The number of carbonyl (C=O) groups is 2. The molecule has 0 saturated carbocycles. The molecule has 20 heavy (non-hydrogen) atoms. The molecule has 0 N–H and O–H groups in total. The first-order valence-electron chi connectivity index (χ1n) is 6.00. The zero-order valence-corrected chi connectivity index (χ0v) is 13.5. The summed E-state index contributed by atoms with van der Waals surface area (Å²) in [4.78, 5) is 25.7. The predicted molar refractivity (Wildman–Crippen MR) is 85.0 cm³/mol. The molecule has 98 valence electrons. The summed E-state index contributed by atoms with van der Waals surface area (Å²) in [5.41, 5.74) is 3.20. The Hall–Kier alpha value is -1.46. The summed E-state index contributed by atoms with van der Waals surface area (Å²) < 4.78 is 1.91. The molecule has 0 aromatic heterocycles. The van der Waals surface area contributed by atoms with Gasteiger partial charge in [0.25, 0.3) is 11.8 Å². The van der Waals surface area contributed by atoms with Gasteiger partial charge >= 0.3 is 0 Å². The normalized spacial score (nSPS) is 16.6. The van der Waals surface area contributed by atoms with E-state index in [-0.39, 0.29) is 11.8 Å². The van der Waals surface area contributed by atoms with Crippen molar-refractivity contribution in [3.63, 3.8) is 0 Å². The molecule has 0 unspecified atom stereocenters. The van der Waals surface area contributed by atoms with Crippen molar-refractivity contribution in [2.24, 2.45) is 0 Å². The minimum Gasteiger partial charge on any atom is -0.277 e. The van der Waals surface area contributed by atoms with E-state index in [2.05, 4.69) is 31.9 Å². The molecule has 0 bridgehead atoms. The zero-order valence-electron chi connectivity index (χ0n) is 10.3. The molecule has 3 nitrogen and oxygen atoms in total. The molecule has 0 saturated heterocycles. The second-order valence-corrected chi connectivity index (χ2v) is 6.45. The molecule has 0 spiro atoms. The van der Waals surface area contributed by atoms with Crippen LogP contribution in [0.4, 0.5) is 0 Å². The number of carbonyl (C=O) groups excluding carboxylic acids is 2. The summed E-state index contributed by atoms with van der Waals surface area (Å²) in [6.45, 7) is 0. The Morgan fingerprint density at radius 3 is 1.55 bits per heavy atom. The van der Waals surface area contributed by atoms with Crippen molar-refractivity contribution in [2.75, 3.05) is 7.05 Å². The fraction of sp³-hybridized carbons (Fsp3) is 0.0667. The van der Waals surface area contributed by atoms with E-state index in [1.807, 2.05) is 12.1 Å². The van der Waals surface area contributed by atoms with Crippen molar-refractivity contribution < 1.29 is 9.59 Å². The summed E-state index contributed by atoms with van der Waals surface area (Å²) in [5, 5.41) is 1.73. The van der Waals surface area contributed by atoms with Crippen LogP contribution in [0, 0.1) is 0 Å². The lowest BCUT2D eigenvalue weighted by atomic mass is 9.91. The van der Waals surface area contributed by atoms with E-state index in [0.717, 1.165) is 30.9 Å². The molecular formula is C15H7Br2NO2.